The van der Waals surface area contributed by atoms with E-state index in [0.717, 1.165) is 5.56 Å². The van der Waals surface area contributed by atoms with Crippen molar-refractivity contribution in [2.75, 3.05) is 19.8 Å². The molecule has 0 aliphatic rings. The molecule has 0 fully saturated rings. The number of carbonyl (C=O) groups is 1. The molecule has 142 valence electrons. The van der Waals surface area contributed by atoms with Gasteiger partial charge in [-0.2, -0.15) is 0 Å². The Morgan fingerprint density at radius 2 is 1.64 bits per heavy atom. The number of ether oxygens (including phenoxy) is 3. The Morgan fingerprint density at radius 3 is 2.16 bits per heavy atom. The van der Waals surface area contributed by atoms with Gasteiger partial charge < -0.3 is 25.1 Å². The molecular weight excluding hydrogens is 322 g/mol. The molecule has 0 saturated carbocycles. The average molecular weight is 353 g/mol. The van der Waals surface area contributed by atoms with Crippen LogP contribution in [0.2, 0.25) is 0 Å². The Balaban J connectivity index is 2.49. The third-order valence-electron chi connectivity index (χ3n) is 3.63. The van der Waals surface area contributed by atoms with Crippen molar-refractivity contribution in [3.63, 3.8) is 0 Å². The first-order valence-electron chi connectivity index (χ1n) is 8.53. The average Bonchev–Trinajstić information content (AvgIpc) is 2.52. The number of rotatable bonds is 11. The van der Waals surface area contributed by atoms with Crippen LogP contribution in [0.15, 0.2) is 24.3 Å². The SMILES string of the molecule is CCOC(C)(C)COC(C)(C)COc1ccc(CC(N)C(=O)O)cc1. The van der Waals surface area contributed by atoms with Crippen molar-refractivity contribution in [3.05, 3.63) is 29.8 Å². The maximum absolute atomic E-state index is 10.8. The Bertz CT molecular complexity index is 539. The first-order chi connectivity index (χ1) is 11.5. The molecule has 0 heterocycles. The van der Waals surface area contributed by atoms with Gasteiger partial charge in [-0.05, 0) is 58.7 Å². The lowest BCUT2D eigenvalue weighted by Crippen LogP contribution is -2.39. The number of hydrogen-bond donors (Lipinski definition) is 2. The largest absolute Gasteiger partial charge is 0.491 e. The van der Waals surface area contributed by atoms with Gasteiger partial charge >= 0.3 is 5.97 Å². The highest BCUT2D eigenvalue weighted by atomic mass is 16.6. The predicted molar refractivity (Wildman–Crippen MR) is 97.0 cm³/mol. The number of aliphatic carboxylic acids is 1. The van der Waals surface area contributed by atoms with Crippen molar-refractivity contribution in [3.8, 4) is 5.75 Å². The van der Waals surface area contributed by atoms with Crippen LogP contribution in [0.5, 0.6) is 5.75 Å². The lowest BCUT2D eigenvalue weighted by atomic mass is 10.1. The Labute approximate surface area is 150 Å². The molecule has 0 spiro atoms. The summed E-state index contributed by atoms with van der Waals surface area (Å²) in [4.78, 5) is 10.8. The molecule has 1 aromatic carbocycles. The lowest BCUT2D eigenvalue weighted by molar-refractivity contribution is -0.138. The standard InChI is InChI=1S/C19H31NO5/c1-6-24-19(4,5)13-25-18(2,3)12-23-15-9-7-14(8-10-15)11-16(20)17(21)22/h7-10,16H,6,11-13,20H2,1-5H3,(H,21,22). The van der Waals surface area contributed by atoms with Gasteiger partial charge in [-0.15, -0.1) is 0 Å². The van der Waals surface area contributed by atoms with Crippen molar-refractivity contribution in [2.45, 2.75) is 58.3 Å². The molecule has 6 heteroatoms. The minimum Gasteiger partial charge on any atom is -0.491 e. The van der Waals surface area contributed by atoms with Gasteiger partial charge in [-0.25, -0.2) is 0 Å². The van der Waals surface area contributed by atoms with Gasteiger partial charge in [0.05, 0.1) is 17.8 Å². The first kappa shape index (κ1) is 21.4. The van der Waals surface area contributed by atoms with E-state index in [2.05, 4.69) is 0 Å². The highest BCUT2D eigenvalue weighted by Crippen LogP contribution is 2.19. The van der Waals surface area contributed by atoms with Crippen LogP contribution in [0.1, 0.15) is 40.2 Å². The van der Waals surface area contributed by atoms with E-state index < -0.39 is 17.6 Å². The normalized spacial score (nSPS) is 13.5. The first-order valence-corrected chi connectivity index (χ1v) is 8.53. The maximum Gasteiger partial charge on any atom is 0.320 e. The Morgan fingerprint density at radius 1 is 1.08 bits per heavy atom. The van der Waals surface area contributed by atoms with E-state index in [9.17, 15) is 4.79 Å². The van der Waals surface area contributed by atoms with E-state index in [1.807, 2.05) is 58.9 Å². The molecule has 0 aromatic heterocycles. The molecule has 0 aliphatic heterocycles. The van der Waals surface area contributed by atoms with Gasteiger partial charge in [0.2, 0.25) is 0 Å². The van der Waals surface area contributed by atoms with Crippen molar-refractivity contribution >= 4 is 5.97 Å². The summed E-state index contributed by atoms with van der Waals surface area (Å²) >= 11 is 0. The van der Waals surface area contributed by atoms with Crippen molar-refractivity contribution in [2.24, 2.45) is 5.73 Å². The highest BCUT2D eigenvalue weighted by Gasteiger charge is 2.26. The molecular formula is C19H31NO5. The van der Waals surface area contributed by atoms with E-state index in [4.69, 9.17) is 25.1 Å². The van der Waals surface area contributed by atoms with E-state index in [0.29, 0.717) is 25.6 Å². The topological polar surface area (TPSA) is 91.0 Å². The van der Waals surface area contributed by atoms with E-state index in [1.54, 1.807) is 0 Å². The number of benzene rings is 1. The summed E-state index contributed by atoms with van der Waals surface area (Å²) in [5, 5.41) is 8.84. The number of hydrogen-bond acceptors (Lipinski definition) is 5. The molecule has 0 radical (unpaired) electrons. The fraction of sp³-hybridized carbons (Fsp3) is 0.632. The summed E-state index contributed by atoms with van der Waals surface area (Å²) in [5.41, 5.74) is 5.60. The summed E-state index contributed by atoms with van der Waals surface area (Å²) in [6, 6.07) is 6.37. The maximum atomic E-state index is 10.8. The minimum atomic E-state index is -1.01. The lowest BCUT2D eigenvalue weighted by Gasteiger charge is -2.31. The molecule has 1 aromatic rings. The van der Waals surface area contributed by atoms with Crippen LogP contribution in [0, 0.1) is 0 Å². The second kappa shape index (κ2) is 9.17. The van der Waals surface area contributed by atoms with E-state index in [-0.39, 0.29) is 12.0 Å². The zero-order valence-corrected chi connectivity index (χ0v) is 15.9. The van der Waals surface area contributed by atoms with Crippen molar-refractivity contribution in [1.82, 2.24) is 0 Å². The van der Waals surface area contributed by atoms with E-state index in [1.165, 1.54) is 0 Å². The second-order valence-corrected chi connectivity index (χ2v) is 7.32. The van der Waals surface area contributed by atoms with Gasteiger partial charge in [0.1, 0.15) is 18.4 Å². The van der Waals surface area contributed by atoms with E-state index >= 15 is 0 Å². The molecule has 0 aliphatic carbocycles. The Kier molecular flexibility index (Phi) is 7.86. The molecule has 1 atom stereocenters. The van der Waals surface area contributed by atoms with Crippen LogP contribution in [0.3, 0.4) is 0 Å². The molecule has 25 heavy (non-hydrogen) atoms. The third kappa shape index (κ3) is 8.34. The molecule has 0 bridgehead atoms. The van der Waals surface area contributed by atoms with Crippen LogP contribution in [0.25, 0.3) is 0 Å². The summed E-state index contributed by atoms with van der Waals surface area (Å²) in [6.45, 7) is 11.4. The number of carboxylic acid groups (broad SMARTS) is 1. The van der Waals surface area contributed by atoms with Gasteiger partial charge in [0.25, 0.3) is 0 Å². The minimum absolute atomic E-state index is 0.288. The zero-order chi connectivity index (χ0) is 19.1. The molecule has 3 N–H and O–H groups in total. The van der Waals surface area contributed by atoms with Crippen LogP contribution >= 0.6 is 0 Å². The zero-order valence-electron chi connectivity index (χ0n) is 15.9. The van der Waals surface area contributed by atoms with Gasteiger partial charge in [-0.1, -0.05) is 12.1 Å². The number of nitrogens with two attached hydrogens (primary N) is 1. The quantitative estimate of drug-likeness (QED) is 0.635. The fourth-order valence-corrected chi connectivity index (χ4v) is 2.16. The molecule has 0 saturated heterocycles. The Hall–Kier alpha value is -1.63. The second-order valence-electron chi connectivity index (χ2n) is 7.32. The fourth-order valence-electron chi connectivity index (χ4n) is 2.16. The third-order valence-corrected chi connectivity index (χ3v) is 3.63. The highest BCUT2D eigenvalue weighted by molar-refractivity contribution is 5.73. The summed E-state index contributed by atoms with van der Waals surface area (Å²) < 4.78 is 17.4. The number of carboxylic acids is 1. The van der Waals surface area contributed by atoms with Crippen molar-refractivity contribution < 1.29 is 24.1 Å². The molecule has 1 rings (SSSR count). The summed E-state index contributed by atoms with van der Waals surface area (Å²) in [5.74, 6) is -0.303. The smallest absolute Gasteiger partial charge is 0.320 e. The van der Waals surface area contributed by atoms with Crippen LogP contribution in [-0.4, -0.2) is 48.1 Å². The summed E-state index contributed by atoms with van der Waals surface area (Å²) in [6.07, 6.45) is 0.288. The van der Waals surface area contributed by atoms with Gasteiger partial charge in [0, 0.05) is 6.61 Å². The summed E-state index contributed by atoms with van der Waals surface area (Å²) in [7, 11) is 0. The van der Waals surface area contributed by atoms with Crippen molar-refractivity contribution in [1.29, 1.82) is 0 Å². The van der Waals surface area contributed by atoms with Crippen LogP contribution < -0.4 is 10.5 Å². The van der Waals surface area contributed by atoms with Crippen LogP contribution in [-0.2, 0) is 20.7 Å². The molecule has 6 nitrogen and oxygen atoms in total. The monoisotopic (exact) mass is 353 g/mol. The van der Waals surface area contributed by atoms with Crippen LogP contribution in [0.4, 0.5) is 0 Å². The van der Waals surface area contributed by atoms with Gasteiger partial charge in [-0.3, -0.25) is 4.79 Å². The van der Waals surface area contributed by atoms with Gasteiger partial charge in [0.15, 0.2) is 0 Å². The predicted octanol–water partition coefficient (Wildman–Crippen LogP) is 2.63. The molecule has 0 amide bonds. The molecule has 1 unspecified atom stereocenters.